The van der Waals surface area contributed by atoms with Crippen LogP contribution in [-0.4, -0.2) is 5.11 Å². The third-order valence-corrected chi connectivity index (χ3v) is 2.20. The number of aromatic hydroxyl groups is 1. The van der Waals surface area contributed by atoms with Crippen molar-refractivity contribution in [2.45, 2.75) is 0 Å². The molecule has 0 unspecified atom stereocenters. The summed E-state index contributed by atoms with van der Waals surface area (Å²) in [6.07, 6.45) is 0. The lowest BCUT2D eigenvalue weighted by Crippen LogP contribution is -1.88. The first kappa shape index (κ1) is 9.52. The van der Waals surface area contributed by atoms with Gasteiger partial charge in [-0.25, -0.2) is 4.39 Å². The van der Waals surface area contributed by atoms with Gasteiger partial charge in [0.05, 0.1) is 5.69 Å². The topological polar surface area (TPSA) is 46.2 Å². The number of phenols is 1. The summed E-state index contributed by atoms with van der Waals surface area (Å²) in [5, 5.41) is 9.69. The molecule has 0 radical (unpaired) electrons. The molecule has 2 aromatic carbocycles. The molecule has 0 saturated heterocycles. The highest BCUT2D eigenvalue weighted by Gasteiger charge is 2.06. The van der Waals surface area contributed by atoms with Gasteiger partial charge in [-0.1, -0.05) is 24.3 Å². The van der Waals surface area contributed by atoms with E-state index in [0.717, 1.165) is 0 Å². The van der Waals surface area contributed by atoms with Crippen LogP contribution in [0.3, 0.4) is 0 Å². The van der Waals surface area contributed by atoms with Crippen molar-refractivity contribution >= 4 is 5.69 Å². The van der Waals surface area contributed by atoms with E-state index in [4.69, 9.17) is 5.73 Å². The van der Waals surface area contributed by atoms with Crippen molar-refractivity contribution in [1.82, 2.24) is 0 Å². The van der Waals surface area contributed by atoms with E-state index in [1.165, 1.54) is 12.1 Å². The van der Waals surface area contributed by atoms with E-state index in [1.54, 1.807) is 30.3 Å². The Bertz CT molecular complexity index is 497. The second-order valence-corrected chi connectivity index (χ2v) is 3.25. The van der Waals surface area contributed by atoms with Crippen molar-refractivity contribution in [2.75, 3.05) is 5.73 Å². The lowest BCUT2D eigenvalue weighted by atomic mass is 10.0. The number of halogens is 1. The Balaban J connectivity index is 2.59. The average molecular weight is 203 g/mol. The molecule has 0 aliphatic heterocycles. The quantitative estimate of drug-likeness (QED) is 0.553. The fraction of sp³-hybridized carbons (Fsp3) is 0. The number of nitrogens with two attached hydrogens (primary N) is 1. The van der Waals surface area contributed by atoms with Gasteiger partial charge in [-0.3, -0.25) is 0 Å². The predicted octanol–water partition coefficient (Wildman–Crippen LogP) is 2.78. The summed E-state index contributed by atoms with van der Waals surface area (Å²) in [4.78, 5) is 0. The van der Waals surface area contributed by atoms with Gasteiger partial charge in [-0.05, 0) is 23.8 Å². The Labute approximate surface area is 86.8 Å². The van der Waals surface area contributed by atoms with Gasteiger partial charge in [0.1, 0.15) is 11.6 Å². The summed E-state index contributed by atoms with van der Waals surface area (Å²) in [5.74, 6) is -0.350. The summed E-state index contributed by atoms with van der Waals surface area (Å²) in [7, 11) is 0. The molecule has 0 atom stereocenters. The average Bonchev–Trinajstić information content (AvgIpc) is 2.22. The summed E-state index contributed by atoms with van der Waals surface area (Å²) in [5.41, 5.74) is 6.99. The van der Waals surface area contributed by atoms with Crippen LogP contribution in [0.1, 0.15) is 0 Å². The molecular weight excluding hydrogens is 193 g/mol. The molecule has 2 nitrogen and oxygen atoms in total. The van der Waals surface area contributed by atoms with Crippen LogP contribution in [-0.2, 0) is 0 Å². The molecule has 0 bridgehead atoms. The molecule has 15 heavy (non-hydrogen) atoms. The molecular formula is C12H10FNO. The summed E-state index contributed by atoms with van der Waals surface area (Å²) in [6, 6.07) is 11.0. The maximum atomic E-state index is 13.0. The first-order chi connectivity index (χ1) is 7.18. The predicted molar refractivity (Wildman–Crippen MR) is 57.9 cm³/mol. The van der Waals surface area contributed by atoms with Gasteiger partial charge >= 0.3 is 0 Å². The molecule has 0 fully saturated rings. The molecule has 3 N–H and O–H groups in total. The molecule has 0 aliphatic carbocycles. The van der Waals surface area contributed by atoms with Crippen LogP contribution in [0.15, 0.2) is 42.5 Å². The van der Waals surface area contributed by atoms with Crippen molar-refractivity contribution in [2.24, 2.45) is 0 Å². The molecule has 0 amide bonds. The molecule has 0 aromatic heterocycles. The summed E-state index contributed by atoms with van der Waals surface area (Å²) < 4.78 is 13.0. The standard InChI is InChI=1S/C12H10FNO/c13-9-4-1-3-8(7-9)10-5-2-6-11(14)12(10)15/h1-7,15H,14H2. The van der Waals surface area contributed by atoms with Gasteiger partial charge in [-0.15, -0.1) is 0 Å². The zero-order valence-electron chi connectivity index (χ0n) is 7.94. The molecule has 76 valence electrons. The Hall–Kier alpha value is -2.03. The second-order valence-electron chi connectivity index (χ2n) is 3.25. The number of rotatable bonds is 1. The number of hydrogen-bond acceptors (Lipinski definition) is 2. The summed E-state index contributed by atoms with van der Waals surface area (Å²) in [6.45, 7) is 0. The Morgan fingerprint density at radius 3 is 2.53 bits per heavy atom. The van der Waals surface area contributed by atoms with E-state index >= 15 is 0 Å². The minimum Gasteiger partial charge on any atom is -0.505 e. The van der Waals surface area contributed by atoms with Crippen molar-refractivity contribution in [3.8, 4) is 16.9 Å². The summed E-state index contributed by atoms with van der Waals surface area (Å²) >= 11 is 0. The van der Waals surface area contributed by atoms with Crippen molar-refractivity contribution in [1.29, 1.82) is 0 Å². The Kier molecular flexibility index (Phi) is 2.29. The van der Waals surface area contributed by atoms with Crippen molar-refractivity contribution < 1.29 is 9.50 Å². The van der Waals surface area contributed by atoms with Gasteiger partial charge in [-0.2, -0.15) is 0 Å². The van der Waals surface area contributed by atoms with E-state index in [0.29, 0.717) is 11.1 Å². The molecule has 0 spiro atoms. The van der Waals surface area contributed by atoms with Gasteiger partial charge < -0.3 is 10.8 Å². The smallest absolute Gasteiger partial charge is 0.146 e. The minimum absolute atomic E-state index is 0.0110. The van der Waals surface area contributed by atoms with E-state index < -0.39 is 0 Å². The van der Waals surface area contributed by atoms with Crippen LogP contribution in [0.5, 0.6) is 5.75 Å². The number of hydrogen-bond donors (Lipinski definition) is 2. The fourth-order valence-electron chi connectivity index (χ4n) is 1.45. The van der Waals surface area contributed by atoms with E-state index in [9.17, 15) is 9.50 Å². The SMILES string of the molecule is Nc1cccc(-c2cccc(F)c2)c1O. The van der Waals surface area contributed by atoms with E-state index in [-0.39, 0.29) is 17.3 Å². The fourth-order valence-corrected chi connectivity index (χ4v) is 1.45. The van der Waals surface area contributed by atoms with Crippen LogP contribution in [0.4, 0.5) is 10.1 Å². The number of phenolic OH excluding ortho intramolecular Hbond substituents is 1. The maximum Gasteiger partial charge on any atom is 0.146 e. The van der Waals surface area contributed by atoms with Crippen molar-refractivity contribution in [3.05, 3.63) is 48.3 Å². The molecule has 0 aliphatic rings. The van der Waals surface area contributed by atoms with E-state index in [2.05, 4.69) is 0 Å². The largest absolute Gasteiger partial charge is 0.505 e. The zero-order valence-corrected chi connectivity index (χ0v) is 7.94. The molecule has 2 aromatic rings. The molecule has 3 heteroatoms. The molecule has 2 rings (SSSR count). The van der Waals surface area contributed by atoms with Gasteiger partial charge in [0.25, 0.3) is 0 Å². The van der Waals surface area contributed by atoms with Crippen LogP contribution in [0.25, 0.3) is 11.1 Å². The van der Waals surface area contributed by atoms with Gasteiger partial charge in [0.2, 0.25) is 0 Å². The first-order valence-corrected chi connectivity index (χ1v) is 4.52. The van der Waals surface area contributed by atoms with Crippen LogP contribution >= 0.6 is 0 Å². The van der Waals surface area contributed by atoms with Gasteiger partial charge in [0.15, 0.2) is 0 Å². The first-order valence-electron chi connectivity index (χ1n) is 4.52. The number of nitrogen functional groups attached to an aromatic ring is 1. The number of anilines is 1. The number of para-hydroxylation sites is 1. The second kappa shape index (κ2) is 3.61. The van der Waals surface area contributed by atoms with Crippen LogP contribution < -0.4 is 5.73 Å². The lowest BCUT2D eigenvalue weighted by Gasteiger charge is -2.06. The highest BCUT2D eigenvalue weighted by atomic mass is 19.1. The maximum absolute atomic E-state index is 13.0. The minimum atomic E-state index is -0.339. The third kappa shape index (κ3) is 1.76. The van der Waals surface area contributed by atoms with Crippen LogP contribution in [0, 0.1) is 5.82 Å². The Morgan fingerprint density at radius 2 is 1.80 bits per heavy atom. The van der Waals surface area contributed by atoms with E-state index in [1.807, 2.05) is 0 Å². The highest BCUT2D eigenvalue weighted by molar-refractivity contribution is 5.76. The normalized spacial score (nSPS) is 10.2. The third-order valence-electron chi connectivity index (χ3n) is 2.20. The Morgan fingerprint density at radius 1 is 1.07 bits per heavy atom. The van der Waals surface area contributed by atoms with Crippen LogP contribution in [0.2, 0.25) is 0 Å². The zero-order chi connectivity index (χ0) is 10.8. The monoisotopic (exact) mass is 203 g/mol. The lowest BCUT2D eigenvalue weighted by molar-refractivity contribution is 0.480. The number of benzene rings is 2. The van der Waals surface area contributed by atoms with Gasteiger partial charge in [0, 0.05) is 5.56 Å². The molecule has 0 heterocycles. The molecule has 0 saturated carbocycles. The van der Waals surface area contributed by atoms with Crippen molar-refractivity contribution in [3.63, 3.8) is 0 Å². The highest BCUT2D eigenvalue weighted by Crippen LogP contribution is 2.33.